The van der Waals surface area contributed by atoms with Crippen LogP contribution in [0.1, 0.15) is 40.7 Å². The molecule has 0 bridgehead atoms. The topological polar surface area (TPSA) is 119 Å². The van der Waals surface area contributed by atoms with Gasteiger partial charge in [-0.25, -0.2) is 18.5 Å². The summed E-state index contributed by atoms with van der Waals surface area (Å²) in [6.45, 7) is 1.72. The highest BCUT2D eigenvalue weighted by atomic mass is 32.2. The van der Waals surface area contributed by atoms with Gasteiger partial charge in [0, 0.05) is 37.0 Å². The van der Waals surface area contributed by atoms with Gasteiger partial charge < -0.3 is 14.8 Å². The third-order valence-corrected chi connectivity index (χ3v) is 7.46. The van der Waals surface area contributed by atoms with Crippen molar-refractivity contribution in [2.24, 2.45) is 0 Å². The number of carbonyl (C=O) groups is 1. The second-order valence-electron chi connectivity index (χ2n) is 8.47. The summed E-state index contributed by atoms with van der Waals surface area (Å²) in [6, 6.07) is 3.18. The Bertz CT molecular complexity index is 1070. The van der Waals surface area contributed by atoms with E-state index in [-0.39, 0.29) is 11.2 Å². The number of anilines is 1. The first-order valence-electron chi connectivity index (χ1n) is 10.4. The number of β-amino-alcohol motifs (C(OH)–C–C–N with tert-alkyl or cyclic N) is 1. The number of furan rings is 1. The fourth-order valence-electron chi connectivity index (χ4n) is 4.80. The van der Waals surface area contributed by atoms with E-state index in [0.29, 0.717) is 19.6 Å². The van der Waals surface area contributed by atoms with Crippen LogP contribution in [0.3, 0.4) is 0 Å². The number of aliphatic hydroxyl groups is 1. The fourth-order valence-corrected chi connectivity index (χ4v) is 5.72. The highest BCUT2D eigenvalue weighted by Gasteiger charge is 2.27. The molecule has 1 unspecified atom stereocenters. The molecule has 1 saturated heterocycles. The molecule has 1 aromatic heterocycles. The number of nitrogens with one attached hydrogen (secondary N) is 3. The van der Waals surface area contributed by atoms with Crippen LogP contribution >= 0.6 is 0 Å². The second kappa shape index (κ2) is 7.40. The zero-order valence-corrected chi connectivity index (χ0v) is 17.5. The van der Waals surface area contributed by atoms with Gasteiger partial charge in [0.2, 0.25) is 5.09 Å². The van der Waals surface area contributed by atoms with Crippen LogP contribution in [0.25, 0.3) is 0 Å². The van der Waals surface area contributed by atoms with Gasteiger partial charge in [0.25, 0.3) is 0 Å². The molecule has 2 aromatic rings. The maximum Gasteiger partial charge on any atom is 0.332 e. The molecule has 2 aliphatic carbocycles. The molecule has 2 heterocycles. The first-order chi connectivity index (χ1) is 14.4. The summed E-state index contributed by atoms with van der Waals surface area (Å²) in [4.78, 5) is 14.7. The van der Waals surface area contributed by atoms with Crippen LogP contribution in [-0.2, 0) is 42.1 Å². The highest BCUT2D eigenvalue weighted by Crippen LogP contribution is 2.38. The molecular formula is C21H26N4O4S. The molecule has 1 aromatic carbocycles. The molecular weight excluding hydrogens is 404 g/mol. The van der Waals surface area contributed by atoms with Gasteiger partial charge in [0.15, 0.2) is 9.92 Å². The van der Waals surface area contributed by atoms with Crippen LogP contribution in [0, 0.1) is 4.78 Å². The Morgan fingerprint density at radius 1 is 1.17 bits per heavy atom. The molecule has 2 amide bonds. The zero-order chi connectivity index (χ0) is 20.9. The number of aliphatic hydroxyl groups excluding tert-OH is 1. The standard InChI is InChI=1S/C21H26N4O4S/c22-30(28,19-7-13(12-29-19)9-25-10-16(26)11-25)24-21(27)23-20-17-5-1-3-14(17)8-15-4-2-6-18(15)20/h7-8,12,16,26H,1-6,9-11H2,(H3,22,23,24,27,28). The van der Waals surface area contributed by atoms with Crippen LogP contribution in [-0.4, -0.2) is 39.4 Å². The van der Waals surface area contributed by atoms with Crippen LogP contribution in [0.5, 0.6) is 0 Å². The Morgan fingerprint density at radius 3 is 2.47 bits per heavy atom. The number of carbonyl (C=O) groups excluding carboxylic acids is 1. The minimum absolute atomic E-state index is 0.0720. The molecule has 0 spiro atoms. The minimum Gasteiger partial charge on any atom is -0.452 e. The van der Waals surface area contributed by atoms with E-state index in [2.05, 4.69) is 16.1 Å². The summed E-state index contributed by atoms with van der Waals surface area (Å²) in [6.07, 6.45) is 7.21. The molecule has 9 heteroatoms. The number of fused-ring (bicyclic) bond motifs is 2. The van der Waals surface area contributed by atoms with Crippen molar-refractivity contribution in [2.45, 2.75) is 56.3 Å². The molecule has 0 radical (unpaired) electrons. The fraction of sp³-hybridized carbons (Fsp3) is 0.476. The van der Waals surface area contributed by atoms with E-state index in [0.717, 1.165) is 49.8 Å². The molecule has 3 aliphatic rings. The van der Waals surface area contributed by atoms with E-state index >= 15 is 0 Å². The average Bonchev–Trinajstić information content (AvgIpc) is 3.40. The van der Waals surface area contributed by atoms with E-state index in [1.165, 1.54) is 34.6 Å². The van der Waals surface area contributed by atoms with Gasteiger partial charge in [0.1, 0.15) is 0 Å². The van der Waals surface area contributed by atoms with E-state index in [1.54, 1.807) is 0 Å². The molecule has 5 rings (SSSR count). The van der Waals surface area contributed by atoms with Crippen LogP contribution in [0.4, 0.5) is 10.5 Å². The number of nitrogens with zero attached hydrogens (tertiary/aromatic N) is 1. The van der Waals surface area contributed by atoms with Crippen molar-refractivity contribution >= 4 is 21.6 Å². The first kappa shape index (κ1) is 19.6. The summed E-state index contributed by atoms with van der Waals surface area (Å²) in [7, 11) is -3.62. The van der Waals surface area contributed by atoms with Gasteiger partial charge in [-0.3, -0.25) is 4.90 Å². The van der Waals surface area contributed by atoms with E-state index in [1.807, 2.05) is 4.90 Å². The highest BCUT2D eigenvalue weighted by molar-refractivity contribution is 7.91. The lowest BCUT2D eigenvalue weighted by atomic mass is 9.99. The van der Waals surface area contributed by atoms with Gasteiger partial charge in [-0.15, -0.1) is 0 Å². The predicted octanol–water partition coefficient (Wildman–Crippen LogP) is 2.58. The number of amides is 2. The van der Waals surface area contributed by atoms with Crippen molar-refractivity contribution in [3.8, 4) is 0 Å². The van der Waals surface area contributed by atoms with Gasteiger partial charge in [-0.05, 0) is 60.8 Å². The Kier molecular flexibility index (Phi) is 4.83. The summed E-state index contributed by atoms with van der Waals surface area (Å²) in [5.41, 5.74) is 6.56. The smallest absolute Gasteiger partial charge is 0.332 e. The van der Waals surface area contributed by atoms with Crippen LogP contribution in [0.15, 0.2) is 27.9 Å². The maximum absolute atomic E-state index is 12.8. The molecule has 160 valence electrons. The third kappa shape index (κ3) is 3.61. The molecule has 1 aliphatic heterocycles. The quantitative estimate of drug-likeness (QED) is 0.581. The molecule has 4 N–H and O–H groups in total. The number of likely N-dealkylation sites (tertiary alicyclic amines) is 1. The largest absolute Gasteiger partial charge is 0.452 e. The zero-order valence-electron chi connectivity index (χ0n) is 16.7. The van der Waals surface area contributed by atoms with E-state index in [9.17, 15) is 14.1 Å². The van der Waals surface area contributed by atoms with E-state index < -0.39 is 15.9 Å². The van der Waals surface area contributed by atoms with Gasteiger partial charge in [0.05, 0.1) is 12.4 Å². The van der Waals surface area contributed by atoms with Gasteiger partial charge >= 0.3 is 6.03 Å². The number of hydrogen-bond donors (Lipinski definition) is 4. The average molecular weight is 431 g/mol. The Morgan fingerprint density at radius 2 is 1.83 bits per heavy atom. The molecule has 1 fully saturated rings. The minimum atomic E-state index is -3.62. The summed E-state index contributed by atoms with van der Waals surface area (Å²) < 4.78 is 28.6. The van der Waals surface area contributed by atoms with Crippen molar-refractivity contribution < 1.29 is 18.5 Å². The van der Waals surface area contributed by atoms with Crippen molar-refractivity contribution in [1.29, 1.82) is 4.78 Å². The lowest BCUT2D eigenvalue weighted by molar-refractivity contribution is -0.00295. The molecule has 1 atom stereocenters. The molecule has 8 nitrogen and oxygen atoms in total. The van der Waals surface area contributed by atoms with Crippen molar-refractivity contribution in [2.75, 3.05) is 18.4 Å². The predicted molar refractivity (Wildman–Crippen MR) is 112 cm³/mol. The number of benzene rings is 1. The van der Waals surface area contributed by atoms with E-state index in [4.69, 9.17) is 9.20 Å². The first-order valence-corrected chi connectivity index (χ1v) is 12.0. The van der Waals surface area contributed by atoms with Crippen molar-refractivity contribution in [3.05, 3.63) is 46.2 Å². The molecule has 0 saturated carbocycles. The van der Waals surface area contributed by atoms with Crippen molar-refractivity contribution in [1.82, 2.24) is 9.62 Å². The number of rotatable bonds is 5. The lowest BCUT2D eigenvalue weighted by Gasteiger charge is -2.35. The van der Waals surface area contributed by atoms with Gasteiger partial charge in [-0.2, -0.15) is 0 Å². The second-order valence-corrected chi connectivity index (χ2v) is 10.2. The Labute approximate surface area is 175 Å². The summed E-state index contributed by atoms with van der Waals surface area (Å²) in [5.74, 6) is 0. The Balaban J connectivity index is 1.30. The SMILES string of the molecule is N=S(=O)(NC(=O)Nc1c2c(cc3c1CCC3)CCC2)c1cc(CN2CC(O)C2)co1. The van der Waals surface area contributed by atoms with Crippen LogP contribution in [0.2, 0.25) is 0 Å². The van der Waals surface area contributed by atoms with Crippen LogP contribution < -0.4 is 10.0 Å². The monoisotopic (exact) mass is 430 g/mol. The number of aryl methyl sites for hydroxylation is 2. The summed E-state index contributed by atoms with van der Waals surface area (Å²) in [5, 5.41) is 12.2. The Hall–Kier alpha value is -2.36. The van der Waals surface area contributed by atoms with Gasteiger partial charge in [-0.1, -0.05) is 6.07 Å². The lowest BCUT2D eigenvalue weighted by Crippen LogP contribution is -2.49. The summed E-state index contributed by atoms with van der Waals surface area (Å²) >= 11 is 0. The van der Waals surface area contributed by atoms with Crippen molar-refractivity contribution in [3.63, 3.8) is 0 Å². The number of hydrogen-bond acceptors (Lipinski definition) is 6. The normalized spacial score (nSPS) is 20.3. The molecule has 30 heavy (non-hydrogen) atoms. The third-order valence-electron chi connectivity index (χ3n) is 6.21. The maximum atomic E-state index is 12.8. The number of urea groups is 1.